The fourth-order valence-electron chi connectivity index (χ4n) is 3.19. The number of unbranched alkanes of at least 4 members (excludes halogenated alkanes) is 1. The fraction of sp³-hybridized carbons (Fsp3) is 0.348. The van der Waals surface area contributed by atoms with E-state index in [0.717, 1.165) is 61.4 Å². The first-order chi connectivity index (χ1) is 14.3. The SMILES string of the molecule is CN=C(NCCCCOCc1ccccc1)NCCc1c[nH]c2ccc(F)cc12.I. The highest BCUT2D eigenvalue weighted by atomic mass is 127. The van der Waals surface area contributed by atoms with Crippen LogP contribution in [0.5, 0.6) is 0 Å². The number of hydrogen-bond donors (Lipinski definition) is 3. The lowest BCUT2D eigenvalue weighted by atomic mass is 10.1. The number of nitrogens with one attached hydrogen (secondary N) is 3. The van der Waals surface area contributed by atoms with Gasteiger partial charge in [0.15, 0.2) is 5.96 Å². The van der Waals surface area contributed by atoms with Crippen LogP contribution in [0, 0.1) is 5.82 Å². The molecule has 0 bridgehead atoms. The van der Waals surface area contributed by atoms with Crippen molar-refractivity contribution in [1.29, 1.82) is 0 Å². The molecule has 1 aromatic heterocycles. The van der Waals surface area contributed by atoms with Crippen LogP contribution in [0.15, 0.2) is 59.7 Å². The third-order valence-corrected chi connectivity index (χ3v) is 4.76. The molecule has 3 rings (SSSR count). The molecule has 0 aliphatic carbocycles. The molecule has 0 amide bonds. The minimum atomic E-state index is -0.212. The lowest BCUT2D eigenvalue weighted by molar-refractivity contribution is 0.117. The van der Waals surface area contributed by atoms with Gasteiger partial charge in [-0.3, -0.25) is 4.99 Å². The standard InChI is InChI=1S/C23H29FN4O.HI/c1-25-23(26-12-5-6-14-29-17-18-7-3-2-4-8-18)27-13-11-19-16-28-22-10-9-20(24)15-21(19)22;/h2-4,7-10,15-16,28H,5-6,11-14,17H2,1H3,(H2,25,26,27);1H. The van der Waals surface area contributed by atoms with E-state index < -0.39 is 0 Å². The molecule has 0 saturated heterocycles. The Labute approximate surface area is 194 Å². The van der Waals surface area contributed by atoms with E-state index in [4.69, 9.17) is 4.74 Å². The molecule has 5 nitrogen and oxygen atoms in total. The molecule has 0 atom stereocenters. The molecule has 1 heterocycles. The molecule has 0 aliphatic rings. The van der Waals surface area contributed by atoms with Crippen LogP contribution in [0.1, 0.15) is 24.0 Å². The maximum Gasteiger partial charge on any atom is 0.190 e. The molecule has 2 aromatic carbocycles. The van der Waals surface area contributed by atoms with E-state index in [2.05, 4.69) is 32.7 Å². The molecule has 162 valence electrons. The molecule has 0 radical (unpaired) electrons. The highest BCUT2D eigenvalue weighted by Crippen LogP contribution is 2.19. The van der Waals surface area contributed by atoms with Crippen LogP contribution >= 0.6 is 24.0 Å². The molecule has 0 aliphatic heterocycles. The van der Waals surface area contributed by atoms with Gasteiger partial charge in [-0.25, -0.2) is 4.39 Å². The minimum absolute atomic E-state index is 0. The number of guanidine groups is 1. The Morgan fingerprint density at radius 1 is 1.07 bits per heavy atom. The van der Waals surface area contributed by atoms with Crippen molar-refractivity contribution in [2.75, 3.05) is 26.7 Å². The Bertz CT molecular complexity index is 914. The molecular formula is C23H30FIN4O. The number of fused-ring (bicyclic) bond motifs is 1. The zero-order valence-electron chi connectivity index (χ0n) is 17.3. The highest BCUT2D eigenvalue weighted by molar-refractivity contribution is 14.0. The van der Waals surface area contributed by atoms with E-state index in [1.54, 1.807) is 19.2 Å². The number of hydrogen-bond acceptors (Lipinski definition) is 2. The Hall–Kier alpha value is -2.13. The van der Waals surface area contributed by atoms with E-state index in [1.807, 2.05) is 24.4 Å². The Morgan fingerprint density at radius 3 is 2.67 bits per heavy atom. The average molecular weight is 524 g/mol. The van der Waals surface area contributed by atoms with Crippen LogP contribution in [0.4, 0.5) is 4.39 Å². The monoisotopic (exact) mass is 524 g/mol. The summed E-state index contributed by atoms with van der Waals surface area (Å²) < 4.78 is 19.2. The normalized spacial score (nSPS) is 11.3. The van der Waals surface area contributed by atoms with Crippen molar-refractivity contribution < 1.29 is 9.13 Å². The highest BCUT2D eigenvalue weighted by Gasteiger charge is 2.05. The summed E-state index contributed by atoms with van der Waals surface area (Å²) in [6, 6.07) is 15.0. The van der Waals surface area contributed by atoms with Gasteiger partial charge in [0.1, 0.15) is 5.82 Å². The second-order valence-corrected chi connectivity index (χ2v) is 6.92. The molecule has 0 saturated carbocycles. The van der Waals surface area contributed by atoms with Crippen molar-refractivity contribution in [3.63, 3.8) is 0 Å². The molecule has 0 fully saturated rings. The summed E-state index contributed by atoms with van der Waals surface area (Å²) in [5, 5.41) is 7.57. The predicted octanol–water partition coefficient (Wildman–Crippen LogP) is 4.63. The summed E-state index contributed by atoms with van der Waals surface area (Å²) in [6.07, 6.45) is 4.74. The van der Waals surface area contributed by atoms with Crippen molar-refractivity contribution in [1.82, 2.24) is 15.6 Å². The number of aromatic amines is 1. The van der Waals surface area contributed by atoms with Crippen LogP contribution in [0.25, 0.3) is 10.9 Å². The number of halogens is 2. The van der Waals surface area contributed by atoms with Crippen LogP contribution < -0.4 is 10.6 Å². The number of ether oxygens (including phenoxy) is 1. The van der Waals surface area contributed by atoms with E-state index in [0.29, 0.717) is 6.61 Å². The Balaban J connectivity index is 0.00000320. The number of H-pyrrole nitrogens is 1. The Morgan fingerprint density at radius 2 is 1.87 bits per heavy atom. The molecule has 30 heavy (non-hydrogen) atoms. The quantitative estimate of drug-likeness (QED) is 0.157. The number of nitrogens with zero attached hydrogens (tertiary/aromatic N) is 1. The van der Waals surface area contributed by atoms with Crippen molar-refractivity contribution >= 4 is 40.8 Å². The summed E-state index contributed by atoms with van der Waals surface area (Å²) in [7, 11) is 1.76. The number of rotatable bonds is 10. The van der Waals surface area contributed by atoms with Crippen molar-refractivity contribution in [3.8, 4) is 0 Å². The molecule has 3 N–H and O–H groups in total. The first-order valence-electron chi connectivity index (χ1n) is 10.1. The number of aromatic nitrogens is 1. The third kappa shape index (κ3) is 7.60. The smallest absolute Gasteiger partial charge is 0.190 e. The van der Waals surface area contributed by atoms with Gasteiger partial charge in [0.05, 0.1) is 6.61 Å². The average Bonchev–Trinajstić information content (AvgIpc) is 3.14. The fourth-order valence-corrected chi connectivity index (χ4v) is 3.19. The van der Waals surface area contributed by atoms with Gasteiger partial charge >= 0.3 is 0 Å². The maximum atomic E-state index is 13.5. The van der Waals surface area contributed by atoms with Crippen molar-refractivity contribution in [3.05, 3.63) is 71.7 Å². The molecule has 7 heteroatoms. The first-order valence-corrected chi connectivity index (χ1v) is 10.1. The zero-order chi connectivity index (χ0) is 20.3. The molecule has 0 unspecified atom stereocenters. The summed E-state index contributed by atoms with van der Waals surface area (Å²) in [6.45, 7) is 2.98. The van der Waals surface area contributed by atoms with Crippen LogP contribution in [0.2, 0.25) is 0 Å². The van der Waals surface area contributed by atoms with Gasteiger partial charge in [-0.1, -0.05) is 30.3 Å². The van der Waals surface area contributed by atoms with Gasteiger partial charge in [-0.2, -0.15) is 0 Å². The molecule has 0 spiro atoms. The number of aliphatic imine (C=N–C) groups is 1. The van der Waals surface area contributed by atoms with Gasteiger partial charge < -0.3 is 20.4 Å². The lowest BCUT2D eigenvalue weighted by Crippen LogP contribution is -2.38. The summed E-state index contributed by atoms with van der Waals surface area (Å²) in [5.41, 5.74) is 3.25. The largest absolute Gasteiger partial charge is 0.377 e. The van der Waals surface area contributed by atoms with Gasteiger partial charge in [0.25, 0.3) is 0 Å². The van der Waals surface area contributed by atoms with Gasteiger partial charge in [-0.05, 0) is 48.6 Å². The summed E-state index contributed by atoms with van der Waals surface area (Å²) in [5.74, 6) is 0.567. The van der Waals surface area contributed by atoms with Crippen LogP contribution in [-0.2, 0) is 17.8 Å². The van der Waals surface area contributed by atoms with Crippen molar-refractivity contribution in [2.45, 2.75) is 25.9 Å². The minimum Gasteiger partial charge on any atom is -0.377 e. The summed E-state index contributed by atoms with van der Waals surface area (Å²) >= 11 is 0. The van der Waals surface area contributed by atoms with E-state index in [9.17, 15) is 4.39 Å². The topological polar surface area (TPSA) is 61.4 Å². The first kappa shape index (κ1) is 24.1. The van der Waals surface area contributed by atoms with E-state index in [1.165, 1.54) is 11.6 Å². The third-order valence-electron chi connectivity index (χ3n) is 4.76. The molecular weight excluding hydrogens is 494 g/mol. The zero-order valence-corrected chi connectivity index (χ0v) is 19.6. The molecule has 3 aromatic rings. The second kappa shape index (κ2) is 13.2. The second-order valence-electron chi connectivity index (χ2n) is 6.92. The van der Waals surface area contributed by atoms with Crippen LogP contribution in [-0.4, -0.2) is 37.7 Å². The van der Waals surface area contributed by atoms with Crippen LogP contribution in [0.3, 0.4) is 0 Å². The van der Waals surface area contributed by atoms with Gasteiger partial charge in [-0.15, -0.1) is 24.0 Å². The maximum absolute atomic E-state index is 13.5. The summed E-state index contributed by atoms with van der Waals surface area (Å²) in [4.78, 5) is 7.44. The van der Waals surface area contributed by atoms with Gasteiger partial charge in [0, 0.05) is 43.8 Å². The van der Waals surface area contributed by atoms with Crippen molar-refractivity contribution in [2.24, 2.45) is 4.99 Å². The Kier molecular flexibility index (Phi) is 10.6. The van der Waals surface area contributed by atoms with E-state index in [-0.39, 0.29) is 29.8 Å². The number of benzene rings is 2. The lowest BCUT2D eigenvalue weighted by Gasteiger charge is -2.12. The predicted molar refractivity (Wildman–Crippen MR) is 132 cm³/mol. The van der Waals surface area contributed by atoms with E-state index >= 15 is 0 Å². The van der Waals surface area contributed by atoms with Gasteiger partial charge in [0.2, 0.25) is 0 Å².